The summed E-state index contributed by atoms with van der Waals surface area (Å²) in [5, 5.41) is 12.0. The molecule has 0 aliphatic rings. The number of nitrogens with zero attached hydrogens (tertiary/aromatic N) is 4. The van der Waals surface area contributed by atoms with Crippen LogP contribution >= 0.6 is 0 Å². The normalized spacial score (nSPS) is 11.1. The van der Waals surface area contributed by atoms with Crippen molar-refractivity contribution in [2.24, 2.45) is 0 Å². The zero-order valence-corrected chi connectivity index (χ0v) is 8.86. The van der Waals surface area contributed by atoms with Crippen molar-refractivity contribution in [3.8, 4) is 0 Å². The predicted octanol–water partition coefficient (Wildman–Crippen LogP) is 0.414. The van der Waals surface area contributed by atoms with Gasteiger partial charge in [-0.3, -0.25) is 0 Å². The third-order valence-electron chi connectivity index (χ3n) is 2.52. The first-order valence-electron chi connectivity index (χ1n) is 4.97. The first kappa shape index (κ1) is 9.70. The van der Waals surface area contributed by atoms with Crippen molar-refractivity contribution in [3.05, 3.63) is 11.1 Å². The molecule has 0 aliphatic heterocycles. The fourth-order valence-electron chi connectivity index (χ4n) is 1.80. The highest BCUT2D eigenvalue weighted by Crippen LogP contribution is 2.21. The molecular formula is C9H14N6. The minimum atomic E-state index is 0.272. The summed E-state index contributed by atoms with van der Waals surface area (Å²) in [5.41, 5.74) is 14.3. The van der Waals surface area contributed by atoms with Gasteiger partial charge < -0.3 is 11.5 Å². The fourth-order valence-corrected chi connectivity index (χ4v) is 1.80. The number of hydrogen-bond acceptors (Lipinski definition) is 5. The summed E-state index contributed by atoms with van der Waals surface area (Å²) in [4.78, 5) is 0. The van der Waals surface area contributed by atoms with Gasteiger partial charge in [0.25, 0.3) is 0 Å². The highest BCUT2D eigenvalue weighted by Gasteiger charge is 2.14. The zero-order valence-electron chi connectivity index (χ0n) is 8.86. The Kier molecular flexibility index (Phi) is 2.18. The molecule has 80 valence electrons. The Morgan fingerprint density at radius 3 is 2.33 bits per heavy atom. The molecule has 0 spiro atoms. The summed E-state index contributed by atoms with van der Waals surface area (Å²) in [5.74, 6) is 0.780. The molecular weight excluding hydrogens is 192 g/mol. The highest BCUT2D eigenvalue weighted by molar-refractivity contribution is 5.59. The Morgan fingerprint density at radius 2 is 1.73 bits per heavy atom. The van der Waals surface area contributed by atoms with E-state index in [1.807, 2.05) is 6.92 Å². The van der Waals surface area contributed by atoms with Crippen LogP contribution in [0, 0.1) is 0 Å². The third kappa shape index (κ3) is 1.29. The molecule has 2 aromatic heterocycles. The average molecular weight is 206 g/mol. The fraction of sp³-hybridized carbons (Fsp3) is 0.444. The quantitative estimate of drug-likeness (QED) is 0.742. The van der Waals surface area contributed by atoms with Crippen molar-refractivity contribution in [1.29, 1.82) is 0 Å². The monoisotopic (exact) mass is 206 g/mol. The van der Waals surface area contributed by atoms with E-state index in [1.54, 1.807) is 0 Å². The van der Waals surface area contributed by atoms with Crippen molar-refractivity contribution in [3.63, 3.8) is 0 Å². The van der Waals surface area contributed by atoms with Crippen LogP contribution in [0.5, 0.6) is 0 Å². The largest absolute Gasteiger partial charge is 0.382 e. The van der Waals surface area contributed by atoms with Gasteiger partial charge in [0.05, 0.1) is 0 Å². The molecule has 0 bridgehead atoms. The van der Waals surface area contributed by atoms with E-state index in [1.165, 1.54) is 4.52 Å². The Balaban J connectivity index is 2.86. The van der Waals surface area contributed by atoms with E-state index >= 15 is 0 Å². The van der Waals surface area contributed by atoms with Gasteiger partial charge in [-0.2, -0.15) is 4.52 Å². The SMILES string of the molecule is CCc1c(N)nn2c(N)nnc2c1CC. The zero-order chi connectivity index (χ0) is 11.0. The molecule has 0 fully saturated rings. The second-order valence-electron chi connectivity index (χ2n) is 3.34. The molecule has 0 amide bonds. The van der Waals surface area contributed by atoms with Crippen molar-refractivity contribution in [2.45, 2.75) is 26.7 Å². The van der Waals surface area contributed by atoms with Crippen molar-refractivity contribution in [1.82, 2.24) is 19.8 Å². The van der Waals surface area contributed by atoms with E-state index in [0.717, 1.165) is 24.0 Å². The number of nitrogens with two attached hydrogens (primary N) is 2. The van der Waals surface area contributed by atoms with Gasteiger partial charge in [0.15, 0.2) is 5.65 Å². The van der Waals surface area contributed by atoms with Crippen LogP contribution in [0.2, 0.25) is 0 Å². The first-order chi connectivity index (χ1) is 7.19. The number of aromatic nitrogens is 4. The van der Waals surface area contributed by atoms with Gasteiger partial charge in [-0.25, -0.2) is 0 Å². The lowest BCUT2D eigenvalue weighted by molar-refractivity contribution is 0.901. The number of hydrogen-bond donors (Lipinski definition) is 2. The molecule has 2 aromatic rings. The first-order valence-corrected chi connectivity index (χ1v) is 4.97. The van der Waals surface area contributed by atoms with Crippen molar-refractivity contribution < 1.29 is 0 Å². The van der Waals surface area contributed by atoms with Crippen LogP contribution in [-0.2, 0) is 12.8 Å². The number of rotatable bonds is 2. The lowest BCUT2D eigenvalue weighted by Gasteiger charge is -2.09. The molecule has 0 radical (unpaired) electrons. The molecule has 15 heavy (non-hydrogen) atoms. The molecule has 0 aliphatic carbocycles. The standard InChI is InChI=1S/C9H14N6/c1-3-5-6(4-2)8-12-13-9(11)15(8)14-7(5)10/h3-4H2,1-2H3,(H2,10,14)(H2,11,13). The second kappa shape index (κ2) is 3.38. The second-order valence-corrected chi connectivity index (χ2v) is 3.34. The molecule has 0 atom stereocenters. The van der Waals surface area contributed by atoms with Gasteiger partial charge in [0.2, 0.25) is 5.95 Å². The summed E-state index contributed by atoms with van der Waals surface area (Å²) >= 11 is 0. The number of aryl methyl sites for hydroxylation is 1. The highest BCUT2D eigenvalue weighted by atomic mass is 15.4. The minimum absolute atomic E-state index is 0.272. The summed E-state index contributed by atoms with van der Waals surface area (Å²) in [6.07, 6.45) is 1.68. The molecule has 0 saturated heterocycles. The Labute approximate surface area is 87.3 Å². The van der Waals surface area contributed by atoms with Gasteiger partial charge in [-0.1, -0.05) is 13.8 Å². The molecule has 0 unspecified atom stereocenters. The molecule has 6 heteroatoms. The number of nitrogen functional groups attached to an aromatic ring is 2. The van der Waals surface area contributed by atoms with Crippen LogP contribution in [0.3, 0.4) is 0 Å². The van der Waals surface area contributed by atoms with Crippen molar-refractivity contribution >= 4 is 17.4 Å². The van der Waals surface area contributed by atoms with E-state index in [2.05, 4.69) is 22.2 Å². The summed E-state index contributed by atoms with van der Waals surface area (Å²) in [6.45, 7) is 4.10. The summed E-state index contributed by atoms with van der Waals surface area (Å²) < 4.78 is 1.49. The smallest absolute Gasteiger partial charge is 0.243 e. The van der Waals surface area contributed by atoms with Crippen LogP contribution in [0.25, 0.3) is 5.65 Å². The molecule has 2 rings (SSSR count). The van der Waals surface area contributed by atoms with Gasteiger partial charge in [0, 0.05) is 11.1 Å². The van der Waals surface area contributed by atoms with Crippen molar-refractivity contribution in [2.75, 3.05) is 11.5 Å². The summed E-state index contributed by atoms with van der Waals surface area (Å²) in [6, 6.07) is 0. The van der Waals surface area contributed by atoms with Gasteiger partial charge in [0.1, 0.15) is 5.82 Å². The Bertz CT molecular complexity index is 501. The number of fused-ring (bicyclic) bond motifs is 1. The maximum Gasteiger partial charge on any atom is 0.243 e. The van der Waals surface area contributed by atoms with Crippen LogP contribution in [0.4, 0.5) is 11.8 Å². The van der Waals surface area contributed by atoms with E-state index < -0.39 is 0 Å². The molecule has 0 saturated carbocycles. The van der Waals surface area contributed by atoms with Gasteiger partial charge in [-0.05, 0) is 12.8 Å². The molecule has 4 N–H and O–H groups in total. The summed E-state index contributed by atoms with van der Waals surface area (Å²) in [7, 11) is 0. The molecule has 2 heterocycles. The molecule has 6 nitrogen and oxygen atoms in total. The Morgan fingerprint density at radius 1 is 1.07 bits per heavy atom. The van der Waals surface area contributed by atoms with Gasteiger partial charge >= 0.3 is 0 Å². The predicted molar refractivity (Wildman–Crippen MR) is 58.4 cm³/mol. The Hall–Kier alpha value is -1.85. The van der Waals surface area contributed by atoms with Gasteiger partial charge in [-0.15, -0.1) is 15.3 Å². The number of anilines is 2. The van der Waals surface area contributed by atoms with E-state index in [0.29, 0.717) is 11.5 Å². The lowest BCUT2D eigenvalue weighted by atomic mass is 10.1. The minimum Gasteiger partial charge on any atom is -0.382 e. The van der Waals surface area contributed by atoms with Crippen LogP contribution in [0.1, 0.15) is 25.0 Å². The third-order valence-corrected chi connectivity index (χ3v) is 2.52. The van der Waals surface area contributed by atoms with E-state index in [4.69, 9.17) is 11.5 Å². The van der Waals surface area contributed by atoms with Crippen LogP contribution < -0.4 is 11.5 Å². The van der Waals surface area contributed by atoms with Crippen LogP contribution in [0.15, 0.2) is 0 Å². The molecule has 0 aromatic carbocycles. The van der Waals surface area contributed by atoms with E-state index in [-0.39, 0.29) is 5.95 Å². The topological polar surface area (TPSA) is 95.1 Å². The maximum absolute atomic E-state index is 5.86. The average Bonchev–Trinajstić information content (AvgIpc) is 2.58. The maximum atomic E-state index is 5.86. The lowest BCUT2D eigenvalue weighted by Crippen LogP contribution is -2.09. The van der Waals surface area contributed by atoms with E-state index in [9.17, 15) is 0 Å². The van der Waals surface area contributed by atoms with Crippen LogP contribution in [-0.4, -0.2) is 19.8 Å².